The largest absolute Gasteiger partial charge is 0.386 e. The molecular formula is C17H21N5O4. The van der Waals surface area contributed by atoms with E-state index >= 15 is 0 Å². The maximum Gasteiger partial charge on any atom is 0.269 e. The van der Waals surface area contributed by atoms with Gasteiger partial charge in [0.05, 0.1) is 30.6 Å². The van der Waals surface area contributed by atoms with E-state index in [9.17, 15) is 9.59 Å². The van der Waals surface area contributed by atoms with Crippen LogP contribution in [0, 0.1) is 0 Å². The Morgan fingerprint density at radius 3 is 3.08 bits per heavy atom. The molecule has 1 aromatic heterocycles. The zero-order chi connectivity index (χ0) is 18.0. The van der Waals surface area contributed by atoms with Crippen LogP contribution >= 0.6 is 0 Å². The molecule has 4 heterocycles. The second kappa shape index (κ2) is 6.99. The number of hydrogen-bond donors (Lipinski definition) is 1. The fraction of sp³-hybridized carbons (Fsp3) is 0.588. The molecular weight excluding hydrogens is 338 g/mol. The van der Waals surface area contributed by atoms with E-state index < -0.39 is 5.60 Å². The smallest absolute Gasteiger partial charge is 0.269 e. The van der Waals surface area contributed by atoms with Crippen LogP contribution in [0.1, 0.15) is 36.0 Å². The van der Waals surface area contributed by atoms with Crippen LogP contribution in [0.5, 0.6) is 0 Å². The van der Waals surface area contributed by atoms with Crippen LogP contribution in [0.25, 0.3) is 0 Å². The van der Waals surface area contributed by atoms with Crippen LogP contribution in [0.3, 0.4) is 0 Å². The van der Waals surface area contributed by atoms with Gasteiger partial charge in [0, 0.05) is 32.5 Å². The molecule has 1 N–H and O–H groups in total. The number of ether oxygens (including phenoxy) is 1. The van der Waals surface area contributed by atoms with Gasteiger partial charge in [0.15, 0.2) is 5.60 Å². The fourth-order valence-electron chi connectivity index (χ4n) is 3.59. The molecule has 9 nitrogen and oxygen atoms in total. The third-order valence-electron chi connectivity index (χ3n) is 5.05. The SMILES string of the molecule is O=C(NC[C@@H]1CCCO1)C1=NO[C@@]2(CCN(C(=O)c3ccnnc3)C2)C1. The van der Waals surface area contributed by atoms with Gasteiger partial charge >= 0.3 is 0 Å². The van der Waals surface area contributed by atoms with Crippen molar-refractivity contribution in [2.75, 3.05) is 26.2 Å². The second-order valence-corrected chi connectivity index (χ2v) is 6.94. The zero-order valence-electron chi connectivity index (χ0n) is 14.4. The lowest BCUT2D eigenvalue weighted by atomic mass is 9.96. The number of nitrogens with zero attached hydrogens (tertiary/aromatic N) is 4. The van der Waals surface area contributed by atoms with Crippen LogP contribution in [0.2, 0.25) is 0 Å². The van der Waals surface area contributed by atoms with Gasteiger partial charge in [-0.1, -0.05) is 5.16 Å². The molecule has 0 radical (unpaired) electrons. The number of amides is 2. The molecule has 26 heavy (non-hydrogen) atoms. The minimum atomic E-state index is -0.605. The van der Waals surface area contributed by atoms with Crippen LogP contribution in [0.15, 0.2) is 23.6 Å². The lowest BCUT2D eigenvalue weighted by Crippen LogP contribution is -2.40. The number of hydrogen-bond acceptors (Lipinski definition) is 7. The summed E-state index contributed by atoms with van der Waals surface area (Å²) >= 11 is 0. The molecule has 138 valence electrons. The summed E-state index contributed by atoms with van der Waals surface area (Å²) in [6, 6.07) is 1.64. The molecule has 0 saturated carbocycles. The molecule has 1 spiro atoms. The predicted molar refractivity (Wildman–Crippen MR) is 90.4 cm³/mol. The standard InChI is InChI=1S/C17H21N5O4/c23-15(18-10-13-2-1-7-25-13)14-8-17(26-21-14)4-6-22(11-17)16(24)12-3-5-19-20-9-12/h3,5,9,13H,1-2,4,6-8,10-11H2,(H,18,23)/t13-,17-/m0/s1. The summed E-state index contributed by atoms with van der Waals surface area (Å²) in [5, 5.41) is 14.3. The van der Waals surface area contributed by atoms with Gasteiger partial charge in [-0.05, 0) is 18.9 Å². The van der Waals surface area contributed by atoms with Crippen molar-refractivity contribution in [2.45, 2.75) is 37.4 Å². The minimum absolute atomic E-state index is 0.0874. The van der Waals surface area contributed by atoms with Crippen molar-refractivity contribution in [3.05, 3.63) is 24.0 Å². The predicted octanol–water partition coefficient (Wildman–Crippen LogP) is 0.133. The van der Waals surface area contributed by atoms with Crippen molar-refractivity contribution in [3.8, 4) is 0 Å². The molecule has 0 bridgehead atoms. The maximum absolute atomic E-state index is 12.5. The molecule has 2 saturated heterocycles. The number of nitrogens with one attached hydrogen (secondary N) is 1. The summed E-state index contributed by atoms with van der Waals surface area (Å²) in [6.45, 7) is 2.21. The van der Waals surface area contributed by atoms with Crippen molar-refractivity contribution in [2.24, 2.45) is 5.16 Å². The Balaban J connectivity index is 1.31. The monoisotopic (exact) mass is 359 g/mol. The van der Waals surface area contributed by atoms with E-state index in [0.717, 1.165) is 19.4 Å². The first-order chi connectivity index (χ1) is 12.7. The van der Waals surface area contributed by atoms with E-state index in [2.05, 4.69) is 20.7 Å². The summed E-state index contributed by atoms with van der Waals surface area (Å²) in [5.41, 5.74) is 0.264. The molecule has 0 unspecified atom stereocenters. The molecule has 2 fully saturated rings. The first kappa shape index (κ1) is 16.9. The summed E-state index contributed by atoms with van der Waals surface area (Å²) in [4.78, 5) is 32.1. The number of rotatable bonds is 4. The molecule has 2 atom stereocenters. The van der Waals surface area contributed by atoms with Gasteiger partial charge in [0.1, 0.15) is 5.71 Å². The van der Waals surface area contributed by atoms with Gasteiger partial charge in [-0.2, -0.15) is 10.2 Å². The Hall–Kier alpha value is -2.55. The number of likely N-dealkylation sites (tertiary alicyclic amines) is 1. The Bertz CT molecular complexity index is 719. The number of oxime groups is 1. The number of carbonyl (C=O) groups excluding carboxylic acids is 2. The van der Waals surface area contributed by atoms with Gasteiger partial charge in [0.25, 0.3) is 11.8 Å². The Morgan fingerprint density at radius 2 is 2.31 bits per heavy atom. The highest BCUT2D eigenvalue weighted by molar-refractivity contribution is 6.39. The lowest BCUT2D eigenvalue weighted by molar-refractivity contribution is -0.115. The molecule has 3 aliphatic rings. The van der Waals surface area contributed by atoms with Crippen LogP contribution < -0.4 is 5.32 Å². The quantitative estimate of drug-likeness (QED) is 0.819. The molecule has 2 amide bonds. The lowest BCUT2D eigenvalue weighted by Gasteiger charge is -2.21. The van der Waals surface area contributed by atoms with E-state index in [1.54, 1.807) is 11.0 Å². The van der Waals surface area contributed by atoms with E-state index in [-0.39, 0.29) is 17.9 Å². The number of carbonyl (C=O) groups is 2. The van der Waals surface area contributed by atoms with Gasteiger partial charge in [-0.25, -0.2) is 0 Å². The summed E-state index contributed by atoms with van der Waals surface area (Å²) < 4.78 is 5.50. The van der Waals surface area contributed by atoms with Gasteiger partial charge in [0.2, 0.25) is 0 Å². The van der Waals surface area contributed by atoms with Crippen LogP contribution in [0.4, 0.5) is 0 Å². The fourth-order valence-corrected chi connectivity index (χ4v) is 3.59. The Morgan fingerprint density at radius 1 is 1.38 bits per heavy atom. The van der Waals surface area contributed by atoms with Gasteiger partial charge in [-0.3, -0.25) is 9.59 Å². The highest BCUT2D eigenvalue weighted by Crippen LogP contribution is 2.34. The van der Waals surface area contributed by atoms with Crippen molar-refractivity contribution in [1.82, 2.24) is 20.4 Å². The molecule has 0 aliphatic carbocycles. The highest BCUT2D eigenvalue weighted by Gasteiger charge is 2.48. The summed E-state index contributed by atoms with van der Waals surface area (Å²) in [6.07, 6.45) is 6.07. The molecule has 9 heteroatoms. The maximum atomic E-state index is 12.5. The normalized spacial score (nSPS) is 27.5. The topological polar surface area (TPSA) is 106 Å². The highest BCUT2D eigenvalue weighted by atomic mass is 16.7. The molecule has 1 aromatic rings. The first-order valence-corrected chi connectivity index (χ1v) is 8.86. The van der Waals surface area contributed by atoms with E-state index in [1.165, 1.54) is 12.4 Å². The summed E-state index contributed by atoms with van der Waals surface area (Å²) in [5.74, 6) is -0.336. The average Bonchev–Trinajstić information content (AvgIpc) is 3.42. The molecule has 0 aromatic carbocycles. The second-order valence-electron chi connectivity index (χ2n) is 6.94. The van der Waals surface area contributed by atoms with Crippen molar-refractivity contribution in [3.63, 3.8) is 0 Å². The molecule has 4 rings (SSSR count). The van der Waals surface area contributed by atoms with E-state index in [1.807, 2.05) is 0 Å². The number of aromatic nitrogens is 2. The first-order valence-electron chi connectivity index (χ1n) is 8.86. The zero-order valence-corrected chi connectivity index (χ0v) is 14.4. The molecule has 3 aliphatic heterocycles. The van der Waals surface area contributed by atoms with Gasteiger partial charge in [-0.15, -0.1) is 0 Å². The van der Waals surface area contributed by atoms with Crippen molar-refractivity contribution >= 4 is 17.5 Å². The summed E-state index contributed by atoms with van der Waals surface area (Å²) in [7, 11) is 0. The van der Waals surface area contributed by atoms with E-state index in [0.29, 0.717) is 43.8 Å². The van der Waals surface area contributed by atoms with Crippen molar-refractivity contribution in [1.29, 1.82) is 0 Å². The van der Waals surface area contributed by atoms with Crippen molar-refractivity contribution < 1.29 is 19.2 Å². The Kier molecular flexibility index (Phi) is 4.54. The minimum Gasteiger partial charge on any atom is -0.386 e. The van der Waals surface area contributed by atoms with Gasteiger partial charge < -0.3 is 19.8 Å². The van der Waals surface area contributed by atoms with Crippen LogP contribution in [-0.2, 0) is 14.4 Å². The Labute approximate surface area is 150 Å². The van der Waals surface area contributed by atoms with E-state index in [4.69, 9.17) is 9.57 Å². The third kappa shape index (κ3) is 3.39. The van der Waals surface area contributed by atoms with Crippen LogP contribution in [-0.4, -0.2) is 70.6 Å². The third-order valence-corrected chi connectivity index (χ3v) is 5.05. The average molecular weight is 359 g/mol.